The summed E-state index contributed by atoms with van der Waals surface area (Å²) in [6.45, 7) is 3.86. The number of hydrogen-bond donors (Lipinski definition) is 2. The molecular formula is C27H26N2O4. The second kappa shape index (κ2) is 7.70. The van der Waals surface area contributed by atoms with Crippen molar-refractivity contribution in [3.63, 3.8) is 0 Å². The van der Waals surface area contributed by atoms with Crippen molar-refractivity contribution in [2.75, 3.05) is 20.3 Å². The molecular weight excluding hydrogens is 416 g/mol. The Hall–Kier alpha value is -3.19. The molecule has 2 aliphatic rings. The summed E-state index contributed by atoms with van der Waals surface area (Å²) in [5, 5.41) is 16.0. The highest BCUT2D eigenvalue weighted by atomic mass is 16.5. The van der Waals surface area contributed by atoms with Gasteiger partial charge < -0.3 is 24.5 Å². The van der Waals surface area contributed by atoms with Gasteiger partial charge in [0.15, 0.2) is 0 Å². The third kappa shape index (κ3) is 2.95. The van der Waals surface area contributed by atoms with Gasteiger partial charge in [0.2, 0.25) is 0 Å². The van der Waals surface area contributed by atoms with E-state index in [1.165, 1.54) is 5.56 Å². The zero-order valence-electron chi connectivity index (χ0n) is 18.8. The van der Waals surface area contributed by atoms with Crippen LogP contribution in [-0.2, 0) is 29.0 Å². The molecule has 1 aliphatic carbocycles. The Kier molecular flexibility index (Phi) is 4.76. The third-order valence-electron chi connectivity index (χ3n) is 6.89. The van der Waals surface area contributed by atoms with E-state index in [1.54, 1.807) is 14.0 Å². The van der Waals surface area contributed by atoms with Crippen molar-refractivity contribution in [1.29, 1.82) is 0 Å². The van der Waals surface area contributed by atoms with E-state index in [-0.39, 0.29) is 5.91 Å². The van der Waals surface area contributed by atoms with Gasteiger partial charge >= 0.3 is 0 Å². The molecule has 4 aromatic rings. The molecule has 2 N–H and O–H groups in total. The van der Waals surface area contributed by atoms with Crippen LogP contribution in [0.3, 0.4) is 0 Å². The lowest BCUT2D eigenvalue weighted by atomic mass is 9.92. The van der Waals surface area contributed by atoms with Gasteiger partial charge in [-0.15, -0.1) is 0 Å². The van der Waals surface area contributed by atoms with Crippen molar-refractivity contribution in [3.05, 3.63) is 70.3 Å². The summed E-state index contributed by atoms with van der Waals surface area (Å²) in [5.74, 6) is -0.0168. The topological polar surface area (TPSA) is 72.7 Å². The van der Waals surface area contributed by atoms with E-state index in [2.05, 4.69) is 29.6 Å². The molecule has 1 unspecified atom stereocenters. The average Bonchev–Trinajstić information content (AvgIpc) is 3.47. The number of benzene rings is 3. The Balaban J connectivity index is 1.66. The number of amides is 1. The van der Waals surface area contributed by atoms with Crippen LogP contribution >= 0.6 is 0 Å². The molecule has 1 aliphatic heterocycles. The fourth-order valence-corrected chi connectivity index (χ4v) is 5.58. The molecule has 0 fully saturated rings. The fraction of sp³-hybridized carbons (Fsp3) is 0.296. The number of fused-ring (bicyclic) bond motifs is 10. The average molecular weight is 443 g/mol. The number of aliphatic hydroxyl groups excluding tert-OH is 1. The summed E-state index contributed by atoms with van der Waals surface area (Å²) in [6.07, 6.45) is 0.0447. The molecule has 0 saturated carbocycles. The van der Waals surface area contributed by atoms with Gasteiger partial charge in [0.05, 0.1) is 36.4 Å². The number of aromatic nitrogens is 1. The number of rotatable bonds is 6. The minimum Gasteiger partial charge on any atom is -0.382 e. The van der Waals surface area contributed by atoms with E-state index in [0.717, 1.165) is 61.6 Å². The lowest BCUT2D eigenvalue weighted by molar-refractivity contribution is 0.0617. The first-order valence-corrected chi connectivity index (χ1v) is 11.4. The normalized spacial score (nSPS) is 15.1. The summed E-state index contributed by atoms with van der Waals surface area (Å²) in [5.41, 5.74) is 9.34. The van der Waals surface area contributed by atoms with Crippen LogP contribution in [0.2, 0.25) is 0 Å². The fourth-order valence-electron chi connectivity index (χ4n) is 5.58. The number of ether oxygens (including phenoxy) is 2. The van der Waals surface area contributed by atoms with Gasteiger partial charge in [-0.05, 0) is 46.9 Å². The Morgan fingerprint density at radius 2 is 1.97 bits per heavy atom. The maximum atomic E-state index is 13.0. The molecule has 33 heavy (non-hydrogen) atoms. The maximum Gasteiger partial charge on any atom is 0.252 e. The Labute approximate surface area is 191 Å². The monoisotopic (exact) mass is 442 g/mol. The van der Waals surface area contributed by atoms with Gasteiger partial charge in [0.25, 0.3) is 5.91 Å². The van der Waals surface area contributed by atoms with Crippen LogP contribution in [0.1, 0.15) is 45.8 Å². The van der Waals surface area contributed by atoms with Crippen LogP contribution in [0.15, 0.2) is 42.5 Å². The standard InChI is InChI=1S/C27H26N2O4/c1-15(30)29-22-8-7-16(14-33-10-9-32-2)11-19(22)24-21-13-28-27(31)25(21)23-18-6-4-3-5-17(18)12-20(23)26(24)29/h3-8,11,15,30H,9-10,12-14H2,1-2H3,(H,28,31). The van der Waals surface area contributed by atoms with Crippen LogP contribution < -0.4 is 5.32 Å². The predicted octanol–water partition coefficient (Wildman–Crippen LogP) is 4.28. The summed E-state index contributed by atoms with van der Waals surface area (Å²) in [7, 11) is 1.66. The predicted molar refractivity (Wildman–Crippen MR) is 127 cm³/mol. The molecule has 0 saturated heterocycles. The molecule has 6 rings (SSSR count). The van der Waals surface area contributed by atoms with Crippen LogP contribution in [0.25, 0.3) is 32.9 Å². The second-order valence-electron chi connectivity index (χ2n) is 8.85. The van der Waals surface area contributed by atoms with E-state index >= 15 is 0 Å². The molecule has 0 bridgehead atoms. The molecule has 6 heteroatoms. The summed E-state index contributed by atoms with van der Waals surface area (Å²) < 4.78 is 12.8. The lowest BCUT2D eigenvalue weighted by Crippen LogP contribution is -2.13. The molecule has 1 aromatic heterocycles. The molecule has 1 amide bonds. The van der Waals surface area contributed by atoms with Crippen molar-refractivity contribution in [3.8, 4) is 11.1 Å². The van der Waals surface area contributed by atoms with E-state index in [4.69, 9.17) is 9.47 Å². The van der Waals surface area contributed by atoms with Gasteiger partial charge in [0.1, 0.15) is 6.23 Å². The minimum atomic E-state index is -0.704. The Morgan fingerprint density at radius 3 is 2.79 bits per heavy atom. The molecule has 3 aromatic carbocycles. The summed E-state index contributed by atoms with van der Waals surface area (Å²) in [4.78, 5) is 13.0. The SMILES string of the molecule is COCCOCc1ccc2c(c1)c1c3c(c4c(c1n2C(C)O)Cc1ccccc1-4)C(=O)NC3. The summed E-state index contributed by atoms with van der Waals surface area (Å²) in [6, 6.07) is 14.5. The number of aliphatic hydroxyl groups is 1. The molecule has 2 heterocycles. The lowest BCUT2D eigenvalue weighted by Gasteiger charge is -2.15. The highest BCUT2D eigenvalue weighted by Crippen LogP contribution is 2.49. The van der Waals surface area contributed by atoms with E-state index in [1.807, 2.05) is 22.8 Å². The zero-order chi connectivity index (χ0) is 22.7. The first-order valence-electron chi connectivity index (χ1n) is 11.4. The Morgan fingerprint density at radius 1 is 1.12 bits per heavy atom. The largest absolute Gasteiger partial charge is 0.382 e. The van der Waals surface area contributed by atoms with Crippen molar-refractivity contribution < 1.29 is 19.4 Å². The van der Waals surface area contributed by atoms with Gasteiger partial charge in [-0.2, -0.15) is 0 Å². The van der Waals surface area contributed by atoms with Crippen molar-refractivity contribution >= 4 is 27.7 Å². The molecule has 6 nitrogen and oxygen atoms in total. The van der Waals surface area contributed by atoms with Crippen LogP contribution in [0, 0.1) is 0 Å². The van der Waals surface area contributed by atoms with Crippen LogP contribution in [0.4, 0.5) is 0 Å². The smallest absolute Gasteiger partial charge is 0.252 e. The number of nitrogens with one attached hydrogen (secondary N) is 1. The number of hydrogen-bond acceptors (Lipinski definition) is 4. The first-order chi connectivity index (χ1) is 16.1. The molecule has 0 spiro atoms. The molecule has 168 valence electrons. The van der Waals surface area contributed by atoms with Gasteiger partial charge in [-0.25, -0.2) is 0 Å². The van der Waals surface area contributed by atoms with Crippen molar-refractivity contribution in [2.45, 2.75) is 32.7 Å². The van der Waals surface area contributed by atoms with Gasteiger partial charge in [-0.3, -0.25) is 4.79 Å². The van der Waals surface area contributed by atoms with Gasteiger partial charge in [-0.1, -0.05) is 30.3 Å². The number of nitrogens with zero attached hydrogens (tertiary/aromatic N) is 1. The van der Waals surface area contributed by atoms with Gasteiger partial charge in [0, 0.05) is 36.4 Å². The molecule has 0 radical (unpaired) electrons. The highest BCUT2D eigenvalue weighted by molar-refractivity contribution is 6.20. The zero-order valence-corrected chi connectivity index (χ0v) is 18.8. The second-order valence-corrected chi connectivity index (χ2v) is 8.85. The minimum absolute atomic E-state index is 0.0168. The maximum absolute atomic E-state index is 13.0. The quantitative estimate of drug-likeness (QED) is 0.385. The molecule has 1 atom stereocenters. The van der Waals surface area contributed by atoms with Crippen LogP contribution in [0.5, 0.6) is 0 Å². The van der Waals surface area contributed by atoms with E-state index in [9.17, 15) is 9.90 Å². The highest BCUT2D eigenvalue weighted by Gasteiger charge is 2.35. The van der Waals surface area contributed by atoms with Crippen molar-refractivity contribution in [1.82, 2.24) is 9.88 Å². The van der Waals surface area contributed by atoms with Crippen molar-refractivity contribution in [2.24, 2.45) is 0 Å². The Bertz CT molecular complexity index is 1430. The van der Waals surface area contributed by atoms with Crippen LogP contribution in [-0.4, -0.2) is 35.9 Å². The first kappa shape index (κ1) is 20.4. The number of methoxy groups -OCH3 is 1. The van der Waals surface area contributed by atoms with E-state index < -0.39 is 6.23 Å². The third-order valence-corrected chi connectivity index (χ3v) is 6.89. The van der Waals surface area contributed by atoms with E-state index in [0.29, 0.717) is 26.4 Å². The number of carbonyl (C=O) groups excluding carboxylic acids is 1. The number of carbonyl (C=O) groups is 1. The summed E-state index contributed by atoms with van der Waals surface area (Å²) >= 11 is 0.